The van der Waals surface area contributed by atoms with Gasteiger partial charge in [-0.2, -0.15) is 0 Å². The van der Waals surface area contributed by atoms with Gasteiger partial charge in [0.05, 0.1) is 20.0 Å². The lowest BCUT2D eigenvalue weighted by Crippen LogP contribution is -2.37. The minimum absolute atomic E-state index is 0.0450. The maximum Gasteiger partial charge on any atom is 0.311 e. The molecule has 1 aliphatic heterocycles. The first-order valence-corrected chi connectivity index (χ1v) is 20.7. The summed E-state index contributed by atoms with van der Waals surface area (Å²) in [6.07, 6.45) is 13.3. The van der Waals surface area contributed by atoms with Gasteiger partial charge in [-0.1, -0.05) is 72.6 Å². The van der Waals surface area contributed by atoms with E-state index in [1.807, 2.05) is 26.0 Å². The van der Waals surface area contributed by atoms with Crippen LogP contribution >= 0.6 is 67.8 Å². The van der Waals surface area contributed by atoms with E-state index in [1.54, 1.807) is 0 Å². The van der Waals surface area contributed by atoms with E-state index in [0.29, 0.717) is 11.5 Å². The van der Waals surface area contributed by atoms with Crippen molar-refractivity contribution in [2.75, 3.05) is 0 Å². The fourth-order valence-corrected chi connectivity index (χ4v) is 10.4. The maximum atomic E-state index is 12.9. The molecule has 2 aromatic carbocycles. The lowest BCUT2D eigenvalue weighted by Gasteiger charge is -2.38. The largest absolute Gasteiger partial charge is 0.487 e. The van der Waals surface area contributed by atoms with E-state index in [0.717, 1.165) is 75.7 Å². The number of carbonyl (C=O) groups excluding carboxylic acids is 2. The summed E-state index contributed by atoms with van der Waals surface area (Å²) in [5.74, 6) is 3.62. The number of ether oxygens (including phenoxy) is 3. The molecule has 0 fully saturated rings. The van der Waals surface area contributed by atoms with Crippen LogP contribution in [0.5, 0.6) is 17.2 Å². The summed E-state index contributed by atoms with van der Waals surface area (Å²) in [4.78, 5) is 25.5. The van der Waals surface area contributed by atoms with E-state index in [2.05, 4.69) is 109 Å². The van der Waals surface area contributed by atoms with Gasteiger partial charge in [-0.05, 0) is 168 Å². The van der Waals surface area contributed by atoms with E-state index in [-0.39, 0.29) is 18.4 Å². The van der Waals surface area contributed by atoms with Crippen molar-refractivity contribution in [3.63, 3.8) is 0 Å². The van der Waals surface area contributed by atoms with Crippen molar-refractivity contribution in [1.82, 2.24) is 0 Å². The first-order chi connectivity index (χ1) is 22.1. The number of hydrogen-bond acceptors (Lipinski definition) is 5. The van der Waals surface area contributed by atoms with Crippen LogP contribution in [-0.4, -0.2) is 17.5 Å². The molecule has 3 rings (SSSR count). The Morgan fingerprint density at radius 3 is 1.83 bits per heavy atom. The molecule has 5 nitrogen and oxygen atoms in total. The predicted octanol–water partition coefficient (Wildman–Crippen LogP) is 12.2. The molecule has 262 valence electrons. The number of rotatable bonds is 17. The van der Waals surface area contributed by atoms with Gasteiger partial charge in [-0.25, -0.2) is 0 Å². The Balaban J connectivity index is 1.50. The lowest BCUT2D eigenvalue weighted by atomic mass is 9.83. The van der Waals surface area contributed by atoms with E-state index in [9.17, 15) is 9.59 Å². The molecular weight excluding hydrogens is 929 g/mol. The summed E-state index contributed by atoms with van der Waals surface area (Å²) in [6.45, 7) is 17.8. The van der Waals surface area contributed by atoms with Crippen molar-refractivity contribution in [3.05, 3.63) is 45.1 Å². The van der Waals surface area contributed by atoms with Gasteiger partial charge in [0.25, 0.3) is 0 Å². The quantitative estimate of drug-likeness (QED) is 0.0898. The zero-order chi connectivity index (χ0) is 34.9. The molecule has 1 heterocycles. The molecule has 0 radical (unpaired) electrons. The third-order valence-corrected chi connectivity index (χ3v) is 12.0. The summed E-state index contributed by atoms with van der Waals surface area (Å²) in [6, 6.07) is 3.91. The average molecular weight is 985 g/mol. The molecule has 3 atom stereocenters. The molecule has 0 amide bonds. The molecule has 0 N–H and O–H groups in total. The topological polar surface area (TPSA) is 61.8 Å². The fraction of sp³-hybridized carbons (Fsp3) is 0.641. The number of halogens is 3. The van der Waals surface area contributed by atoms with Crippen LogP contribution in [0.2, 0.25) is 0 Å². The highest BCUT2D eigenvalue weighted by Gasteiger charge is 2.35. The zero-order valence-electron chi connectivity index (χ0n) is 29.8. The molecule has 1 aliphatic rings. The van der Waals surface area contributed by atoms with Crippen LogP contribution in [0.1, 0.15) is 134 Å². The number of carbonyl (C=O) groups is 2. The SMILES string of the molecule is Cc1c(C)c2c(c(C)c1OC(=O)CCC(=O)Oc1c(I)cc(I)cc1I)CCC(C)(CCCC(C)CCCC(C)CCCC(C)C)O2. The van der Waals surface area contributed by atoms with Crippen molar-refractivity contribution in [1.29, 1.82) is 0 Å². The second-order valence-electron chi connectivity index (χ2n) is 14.6. The Hall–Kier alpha value is -0.630. The van der Waals surface area contributed by atoms with E-state index in [4.69, 9.17) is 14.2 Å². The molecule has 0 saturated carbocycles. The van der Waals surface area contributed by atoms with Gasteiger partial charge in [0.1, 0.15) is 17.1 Å². The molecule has 0 saturated heterocycles. The van der Waals surface area contributed by atoms with Gasteiger partial charge < -0.3 is 14.2 Å². The minimum Gasteiger partial charge on any atom is -0.487 e. The number of hydrogen-bond donors (Lipinski definition) is 0. The molecule has 47 heavy (non-hydrogen) atoms. The van der Waals surface area contributed by atoms with Gasteiger partial charge in [-0.3, -0.25) is 9.59 Å². The summed E-state index contributed by atoms with van der Waals surface area (Å²) in [5, 5.41) is 0. The Morgan fingerprint density at radius 2 is 1.28 bits per heavy atom. The van der Waals surface area contributed by atoms with Crippen molar-refractivity contribution in [3.8, 4) is 17.2 Å². The Labute approximate surface area is 325 Å². The smallest absolute Gasteiger partial charge is 0.311 e. The monoisotopic (exact) mass is 984 g/mol. The van der Waals surface area contributed by atoms with Crippen LogP contribution in [0, 0.1) is 49.2 Å². The molecular formula is C39H55I3O5. The highest BCUT2D eigenvalue weighted by atomic mass is 127. The summed E-state index contributed by atoms with van der Waals surface area (Å²) < 4.78 is 21.1. The third-order valence-electron chi connectivity index (χ3n) is 9.77. The first-order valence-electron chi connectivity index (χ1n) is 17.5. The van der Waals surface area contributed by atoms with Crippen molar-refractivity contribution >= 4 is 79.7 Å². The van der Waals surface area contributed by atoms with Crippen LogP contribution in [0.4, 0.5) is 0 Å². The molecule has 3 unspecified atom stereocenters. The predicted molar refractivity (Wildman–Crippen MR) is 218 cm³/mol. The van der Waals surface area contributed by atoms with Crippen molar-refractivity contribution in [2.24, 2.45) is 17.8 Å². The molecule has 0 bridgehead atoms. The molecule has 2 aromatic rings. The summed E-state index contributed by atoms with van der Waals surface area (Å²) >= 11 is 6.56. The van der Waals surface area contributed by atoms with Crippen LogP contribution < -0.4 is 14.2 Å². The number of benzene rings is 2. The van der Waals surface area contributed by atoms with E-state index in [1.165, 1.54) is 51.4 Å². The first kappa shape index (κ1) is 40.8. The second kappa shape index (κ2) is 19.1. The number of fused-ring (bicyclic) bond motifs is 1. The van der Waals surface area contributed by atoms with Crippen LogP contribution in [0.25, 0.3) is 0 Å². The van der Waals surface area contributed by atoms with Crippen molar-refractivity contribution in [2.45, 2.75) is 144 Å². The third kappa shape index (κ3) is 12.6. The van der Waals surface area contributed by atoms with Crippen LogP contribution in [0.15, 0.2) is 12.1 Å². The van der Waals surface area contributed by atoms with Crippen LogP contribution in [-0.2, 0) is 16.0 Å². The van der Waals surface area contributed by atoms with Gasteiger partial charge in [-0.15, -0.1) is 0 Å². The van der Waals surface area contributed by atoms with Crippen LogP contribution in [0.3, 0.4) is 0 Å². The standard InChI is InChI=1S/C39H55I3O5/c1-24(2)12-9-13-25(3)14-10-15-26(4)16-11-20-39(8)21-19-31-29(7)36(27(5)28(6)37(31)47-39)45-34(43)17-18-35(44)46-38-32(41)22-30(40)23-33(38)42/h22-26H,9-21H2,1-8H3. The summed E-state index contributed by atoms with van der Waals surface area (Å²) in [5.41, 5.74) is 3.84. The molecule has 0 aliphatic carbocycles. The second-order valence-corrected chi connectivity index (χ2v) is 18.1. The minimum atomic E-state index is -0.446. The Bertz CT molecular complexity index is 1360. The molecule has 0 aromatic heterocycles. The molecule has 0 spiro atoms. The Morgan fingerprint density at radius 1 is 0.766 bits per heavy atom. The van der Waals surface area contributed by atoms with Gasteiger partial charge in [0.2, 0.25) is 0 Å². The highest BCUT2D eigenvalue weighted by Crippen LogP contribution is 2.45. The fourth-order valence-electron chi connectivity index (χ4n) is 6.57. The van der Waals surface area contributed by atoms with E-state index < -0.39 is 11.9 Å². The maximum absolute atomic E-state index is 12.9. The lowest BCUT2D eigenvalue weighted by molar-refractivity contribution is -0.140. The number of esters is 2. The normalized spacial score (nSPS) is 17.2. The van der Waals surface area contributed by atoms with Gasteiger partial charge in [0.15, 0.2) is 5.75 Å². The average Bonchev–Trinajstić information content (AvgIpc) is 2.98. The van der Waals surface area contributed by atoms with Gasteiger partial charge >= 0.3 is 11.9 Å². The Kier molecular flexibility index (Phi) is 16.6. The van der Waals surface area contributed by atoms with Crippen molar-refractivity contribution < 1.29 is 23.8 Å². The highest BCUT2D eigenvalue weighted by molar-refractivity contribution is 14.1. The van der Waals surface area contributed by atoms with Gasteiger partial charge in [0, 0.05) is 9.13 Å². The van der Waals surface area contributed by atoms with E-state index >= 15 is 0 Å². The molecule has 8 heteroatoms. The summed E-state index contributed by atoms with van der Waals surface area (Å²) in [7, 11) is 0. The zero-order valence-corrected chi connectivity index (χ0v) is 36.2.